The summed E-state index contributed by atoms with van der Waals surface area (Å²) in [7, 11) is 0. The Morgan fingerprint density at radius 2 is 2.00 bits per heavy atom. The van der Waals surface area contributed by atoms with Crippen molar-refractivity contribution in [2.24, 2.45) is 5.92 Å². The van der Waals surface area contributed by atoms with E-state index in [9.17, 15) is 0 Å². The topological polar surface area (TPSA) is 31.4 Å². The molecular weight excluding hydrogens is 212 g/mol. The Balaban J connectivity index is 1.50. The van der Waals surface area contributed by atoms with Crippen LogP contribution >= 0.6 is 0 Å². The van der Waals surface area contributed by atoms with Crippen LogP contribution in [-0.2, 0) is 0 Å². The molecule has 2 fully saturated rings. The van der Waals surface area contributed by atoms with Gasteiger partial charge < -0.3 is 10.2 Å². The number of nitrogens with zero attached hydrogens (tertiary/aromatic N) is 3. The second-order valence-electron chi connectivity index (χ2n) is 5.00. The van der Waals surface area contributed by atoms with Crippen LogP contribution in [0, 0.1) is 5.92 Å². The van der Waals surface area contributed by atoms with Gasteiger partial charge in [0.25, 0.3) is 0 Å². The number of rotatable bonds is 3. The number of piperazine rings is 1. The van der Waals surface area contributed by atoms with E-state index >= 15 is 0 Å². The zero-order valence-electron chi connectivity index (χ0n) is 10.2. The molecule has 0 aliphatic carbocycles. The molecule has 0 saturated carbocycles. The lowest BCUT2D eigenvalue weighted by molar-refractivity contribution is 0.184. The van der Waals surface area contributed by atoms with Gasteiger partial charge in [-0.1, -0.05) is 6.07 Å². The highest BCUT2D eigenvalue weighted by atomic mass is 15.3. The van der Waals surface area contributed by atoms with Gasteiger partial charge in [-0.25, -0.2) is 4.98 Å². The van der Waals surface area contributed by atoms with Gasteiger partial charge in [0.2, 0.25) is 0 Å². The van der Waals surface area contributed by atoms with Crippen molar-refractivity contribution in [2.75, 3.05) is 50.7 Å². The van der Waals surface area contributed by atoms with Gasteiger partial charge >= 0.3 is 0 Å². The monoisotopic (exact) mass is 232 g/mol. The summed E-state index contributed by atoms with van der Waals surface area (Å²) in [6.07, 6.45) is 1.88. The molecule has 2 saturated heterocycles. The maximum absolute atomic E-state index is 4.41. The fourth-order valence-corrected chi connectivity index (χ4v) is 2.54. The van der Waals surface area contributed by atoms with Gasteiger partial charge in [-0.2, -0.15) is 0 Å². The van der Waals surface area contributed by atoms with Crippen molar-refractivity contribution < 1.29 is 0 Å². The van der Waals surface area contributed by atoms with Crippen LogP contribution < -0.4 is 10.2 Å². The zero-order valence-corrected chi connectivity index (χ0v) is 10.2. The van der Waals surface area contributed by atoms with Crippen LogP contribution in [-0.4, -0.2) is 55.7 Å². The van der Waals surface area contributed by atoms with Crippen LogP contribution in [0.2, 0.25) is 0 Å². The van der Waals surface area contributed by atoms with Gasteiger partial charge in [0, 0.05) is 52.0 Å². The van der Waals surface area contributed by atoms with E-state index in [1.54, 1.807) is 0 Å². The molecule has 0 spiro atoms. The molecule has 1 aromatic rings. The molecule has 92 valence electrons. The van der Waals surface area contributed by atoms with E-state index in [4.69, 9.17) is 0 Å². The van der Waals surface area contributed by atoms with Gasteiger partial charge in [-0.15, -0.1) is 0 Å². The van der Waals surface area contributed by atoms with Crippen molar-refractivity contribution >= 4 is 5.82 Å². The van der Waals surface area contributed by atoms with E-state index < -0.39 is 0 Å². The number of hydrogen-bond donors (Lipinski definition) is 1. The van der Waals surface area contributed by atoms with Crippen LogP contribution in [0.3, 0.4) is 0 Å². The van der Waals surface area contributed by atoms with Crippen molar-refractivity contribution in [2.45, 2.75) is 0 Å². The van der Waals surface area contributed by atoms with Crippen LogP contribution in [0.5, 0.6) is 0 Å². The number of nitrogens with one attached hydrogen (secondary N) is 1. The van der Waals surface area contributed by atoms with Gasteiger partial charge in [0.15, 0.2) is 0 Å². The molecule has 4 heteroatoms. The van der Waals surface area contributed by atoms with Crippen LogP contribution in [0.1, 0.15) is 0 Å². The Morgan fingerprint density at radius 3 is 2.59 bits per heavy atom. The van der Waals surface area contributed by atoms with Crippen molar-refractivity contribution in [1.82, 2.24) is 15.2 Å². The van der Waals surface area contributed by atoms with Crippen LogP contribution in [0.4, 0.5) is 5.82 Å². The van der Waals surface area contributed by atoms with E-state index in [1.165, 1.54) is 32.7 Å². The highest BCUT2D eigenvalue weighted by Crippen LogP contribution is 2.14. The minimum absolute atomic E-state index is 0.886. The largest absolute Gasteiger partial charge is 0.354 e. The molecule has 0 unspecified atom stereocenters. The van der Waals surface area contributed by atoms with Gasteiger partial charge in [0.1, 0.15) is 5.82 Å². The fourth-order valence-electron chi connectivity index (χ4n) is 2.54. The molecular formula is C13H20N4. The molecule has 0 bridgehead atoms. The molecule has 0 atom stereocenters. The summed E-state index contributed by atoms with van der Waals surface area (Å²) in [5, 5.41) is 3.34. The second-order valence-corrected chi connectivity index (χ2v) is 5.00. The lowest BCUT2D eigenvalue weighted by Gasteiger charge is -2.39. The fraction of sp³-hybridized carbons (Fsp3) is 0.615. The number of hydrogen-bond acceptors (Lipinski definition) is 4. The van der Waals surface area contributed by atoms with Crippen LogP contribution in [0.15, 0.2) is 24.4 Å². The smallest absolute Gasteiger partial charge is 0.128 e. The Hall–Kier alpha value is -1.13. The second kappa shape index (κ2) is 5.02. The minimum atomic E-state index is 0.886. The van der Waals surface area contributed by atoms with E-state index in [-0.39, 0.29) is 0 Å². The van der Waals surface area contributed by atoms with E-state index in [0.29, 0.717) is 0 Å². The highest BCUT2D eigenvalue weighted by Gasteiger charge is 2.23. The maximum Gasteiger partial charge on any atom is 0.128 e. The first-order chi connectivity index (χ1) is 8.42. The minimum Gasteiger partial charge on any atom is -0.354 e. The molecule has 0 amide bonds. The third-order valence-electron chi connectivity index (χ3n) is 3.73. The third kappa shape index (κ3) is 2.58. The molecule has 1 aromatic heterocycles. The first-order valence-electron chi connectivity index (χ1n) is 6.51. The van der Waals surface area contributed by atoms with Crippen molar-refractivity contribution in [1.29, 1.82) is 0 Å². The summed E-state index contributed by atoms with van der Waals surface area (Å²) >= 11 is 0. The molecule has 1 N–H and O–H groups in total. The normalized spacial score (nSPS) is 22.5. The lowest BCUT2D eigenvalue weighted by Crippen LogP contribution is -2.53. The molecule has 0 aromatic carbocycles. The molecule has 0 radical (unpaired) electrons. The van der Waals surface area contributed by atoms with Gasteiger partial charge in [-0.3, -0.25) is 4.90 Å². The van der Waals surface area contributed by atoms with Gasteiger partial charge in [-0.05, 0) is 18.1 Å². The van der Waals surface area contributed by atoms with E-state index in [0.717, 1.165) is 24.8 Å². The summed E-state index contributed by atoms with van der Waals surface area (Å²) in [4.78, 5) is 9.39. The third-order valence-corrected chi connectivity index (χ3v) is 3.73. The summed E-state index contributed by atoms with van der Waals surface area (Å²) in [5.41, 5.74) is 0. The summed E-state index contributed by atoms with van der Waals surface area (Å²) in [6.45, 7) is 8.25. The molecule has 2 aliphatic heterocycles. The standard InChI is InChI=1S/C13H20N4/c1-2-4-15-13(3-1)17-7-5-16(6-8-17)11-12-9-14-10-12/h1-4,12,14H,5-11H2. The summed E-state index contributed by atoms with van der Waals surface area (Å²) in [6, 6.07) is 6.14. The Kier molecular flexibility index (Phi) is 3.25. The van der Waals surface area contributed by atoms with E-state index in [1.807, 2.05) is 12.3 Å². The summed E-state index contributed by atoms with van der Waals surface area (Å²) in [5.74, 6) is 2.01. The predicted molar refractivity (Wildman–Crippen MR) is 69.2 cm³/mol. The molecule has 4 nitrogen and oxygen atoms in total. The SMILES string of the molecule is c1ccc(N2CCN(CC3CNC3)CC2)nc1. The van der Waals surface area contributed by atoms with Crippen molar-refractivity contribution in [3.8, 4) is 0 Å². The van der Waals surface area contributed by atoms with E-state index in [2.05, 4.69) is 32.2 Å². The first-order valence-corrected chi connectivity index (χ1v) is 6.51. The number of anilines is 1. The number of pyridine rings is 1. The zero-order chi connectivity index (χ0) is 11.5. The molecule has 2 aliphatic rings. The molecule has 3 rings (SSSR count). The highest BCUT2D eigenvalue weighted by molar-refractivity contribution is 5.38. The predicted octanol–water partition coefficient (Wildman–Crippen LogP) is 0.423. The van der Waals surface area contributed by atoms with Gasteiger partial charge in [0.05, 0.1) is 0 Å². The average molecular weight is 232 g/mol. The maximum atomic E-state index is 4.41. The molecule has 3 heterocycles. The first kappa shape index (κ1) is 11.0. The lowest BCUT2D eigenvalue weighted by atomic mass is 10.0. The quantitative estimate of drug-likeness (QED) is 0.818. The Morgan fingerprint density at radius 1 is 1.18 bits per heavy atom. The van der Waals surface area contributed by atoms with Crippen molar-refractivity contribution in [3.05, 3.63) is 24.4 Å². The Labute approximate surface area is 103 Å². The number of aromatic nitrogens is 1. The van der Waals surface area contributed by atoms with Crippen LogP contribution in [0.25, 0.3) is 0 Å². The van der Waals surface area contributed by atoms with Crippen molar-refractivity contribution in [3.63, 3.8) is 0 Å². The average Bonchev–Trinajstić information content (AvgIpc) is 2.36. The molecule has 17 heavy (non-hydrogen) atoms. The Bertz CT molecular complexity index is 342. The summed E-state index contributed by atoms with van der Waals surface area (Å²) < 4.78 is 0.